The number of benzene rings is 1. The maximum Gasteiger partial charge on any atom is 0.282 e. The normalized spacial score (nSPS) is 21.3. The minimum Gasteiger partial charge on any atom is -0.493 e. The van der Waals surface area contributed by atoms with Gasteiger partial charge in [0.1, 0.15) is 0 Å². The van der Waals surface area contributed by atoms with E-state index in [1.165, 1.54) is 0 Å². The van der Waals surface area contributed by atoms with Crippen LogP contribution < -0.4 is 9.47 Å². The third kappa shape index (κ3) is 3.29. The number of piperidine rings is 1. The van der Waals surface area contributed by atoms with E-state index in [1.54, 1.807) is 22.8 Å². The molecular weight excluding hydrogens is 378 g/mol. The number of hydrogen-bond acceptors (Lipinski definition) is 4. The highest BCUT2D eigenvalue weighted by molar-refractivity contribution is 7.86. The smallest absolute Gasteiger partial charge is 0.282 e. The van der Waals surface area contributed by atoms with Crippen molar-refractivity contribution in [3.8, 4) is 11.5 Å². The van der Waals surface area contributed by atoms with Gasteiger partial charge in [-0.2, -0.15) is 17.0 Å². The first-order chi connectivity index (χ1) is 13.6. The number of aromatic nitrogens is 1. The van der Waals surface area contributed by atoms with Gasteiger partial charge in [-0.1, -0.05) is 12.5 Å². The van der Waals surface area contributed by atoms with Gasteiger partial charge in [0.05, 0.1) is 20.3 Å². The van der Waals surface area contributed by atoms with Crippen LogP contribution in [-0.2, 0) is 16.8 Å². The molecule has 1 atom stereocenters. The fourth-order valence-corrected chi connectivity index (χ4v) is 6.04. The first-order valence-corrected chi connectivity index (χ1v) is 11.1. The minimum absolute atomic E-state index is 0.393. The van der Waals surface area contributed by atoms with Crippen LogP contribution in [0.15, 0.2) is 36.5 Å². The Morgan fingerprint density at radius 2 is 1.68 bits per heavy atom. The van der Waals surface area contributed by atoms with Gasteiger partial charge in [-0.05, 0) is 42.7 Å². The lowest BCUT2D eigenvalue weighted by Gasteiger charge is -2.40. The molecule has 1 aromatic carbocycles. The van der Waals surface area contributed by atoms with Crippen LogP contribution in [0.4, 0.5) is 0 Å². The van der Waals surface area contributed by atoms with Crippen LogP contribution in [0.3, 0.4) is 0 Å². The van der Waals surface area contributed by atoms with Crippen LogP contribution in [0, 0.1) is 0 Å². The molecule has 2 aliphatic rings. The van der Waals surface area contributed by atoms with Crippen LogP contribution >= 0.6 is 0 Å². The first kappa shape index (κ1) is 19.3. The van der Waals surface area contributed by atoms with Crippen molar-refractivity contribution >= 4 is 10.2 Å². The average molecular weight is 406 g/mol. The Bertz CT molecular complexity index is 935. The zero-order chi connectivity index (χ0) is 19.7. The number of rotatable bonds is 5. The molecule has 0 spiro atoms. The molecule has 7 nitrogen and oxygen atoms in total. The van der Waals surface area contributed by atoms with Gasteiger partial charge in [0, 0.05) is 38.1 Å². The summed E-state index contributed by atoms with van der Waals surface area (Å²) in [5.41, 5.74) is 1.84. The summed E-state index contributed by atoms with van der Waals surface area (Å²) in [6, 6.07) is 9.22. The van der Waals surface area contributed by atoms with Crippen LogP contribution in [0.1, 0.15) is 36.6 Å². The quantitative estimate of drug-likeness (QED) is 0.767. The Hall–Kier alpha value is -2.03. The van der Waals surface area contributed by atoms with Gasteiger partial charge in [0.15, 0.2) is 11.5 Å². The van der Waals surface area contributed by atoms with Crippen molar-refractivity contribution < 1.29 is 17.9 Å². The Balaban J connectivity index is 1.78. The lowest BCUT2D eigenvalue weighted by molar-refractivity contribution is 0.253. The SMILES string of the molecule is COc1ccc(C2c3cccn3CCN2S(=O)(=O)N2CCCCC2)cc1OC. The van der Waals surface area contributed by atoms with E-state index in [2.05, 4.69) is 4.57 Å². The summed E-state index contributed by atoms with van der Waals surface area (Å²) in [6.45, 7) is 2.29. The standard InChI is InChI=1S/C20H27N3O4S/c1-26-18-9-8-16(15-19(18)27-2)20-17-7-6-10-21(17)13-14-23(20)28(24,25)22-11-4-3-5-12-22/h6-10,15,20H,3-5,11-14H2,1-2H3. The molecule has 1 fully saturated rings. The Morgan fingerprint density at radius 1 is 0.929 bits per heavy atom. The van der Waals surface area contributed by atoms with Gasteiger partial charge in [-0.15, -0.1) is 0 Å². The molecule has 0 radical (unpaired) electrons. The van der Waals surface area contributed by atoms with Gasteiger partial charge in [-0.3, -0.25) is 0 Å². The summed E-state index contributed by atoms with van der Waals surface area (Å²) in [4.78, 5) is 0. The third-order valence-electron chi connectivity index (χ3n) is 5.66. The molecule has 0 N–H and O–H groups in total. The molecule has 8 heteroatoms. The molecule has 0 saturated carbocycles. The summed E-state index contributed by atoms with van der Waals surface area (Å²) < 4.78 is 43.3. The predicted octanol–water partition coefficient (Wildman–Crippen LogP) is 2.64. The lowest BCUT2D eigenvalue weighted by Crippen LogP contribution is -2.50. The van der Waals surface area contributed by atoms with Crippen LogP contribution in [0.25, 0.3) is 0 Å². The van der Waals surface area contributed by atoms with E-state index in [0.29, 0.717) is 37.7 Å². The van der Waals surface area contributed by atoms with E-state index in [4.69, 9.17) is 9.47 Å². The summed E-state index contributed by atoms with van der Waals surface area (Å²) in [5.74, 6) is 1.22. The molecule has 1 unspecified atom stereocenters. The number of hydrogen-bond donors (Lipinski definition) is 0. The van der Waals surface area contributed by atoms with Crippen LogP contribution in [-0.4, -0.2) is 55.4 Å². The predicted molar refractivity (Wildman–Crippen MR) is 107 cm³/mol. The largest absolute Gasteiger partial charge is 0.493 e. The van der Waals surface area contributed by atoms with Crippen molar-refractivity contribution in [2.45, 2.75) is 31.8 Å². The Kier molecular flexibility index (Phi) is 5.35. The first-order valence-electron chi connectivity index (χ1n) is 9.70. The number of methoxy groups -OCH3 is 2. The van der Waals surface area contributed by atoms with Gasteiger partial charge in [0.25, 0.3) is 10.2 Å². The van der Waals surface area contributed by atoms with E-state index in [-0.39, 0.29) is 0 Å². The van der Waals surface area contributed by atoms with Crippen molar-refractivity contribution in [2.75, 3.05) is 33.9 Å². The van der Waals surface area contributed by atoms with E-state index in [9.17, 15) is 8.42 Å². The number of nitrogens with zero attached hydrogens (tertiary/aromatic N) is 3. The second kappa shape index (κ2) is 7.77. The zero-order valence-corrected chi connectivity index (χ0v) is 17.2. The second-order valence-corrected chi connectivity index (χ2v) is 9.10. The molecule has 28 heavy (non-hydrogen) atoms. The van der Waals surface area contributed by atoms with E-state index in [1.807, 2.05) is 36.5 Å². The molecule has 1 saturated heterocycles. The van der Waals surface area contributed by atoms with Crippen LogP contribution in [0.5, 0.6) is 11.5 Å². The van der Waals surface area contributed by atoms with Gasteiger partial charge < -0.3 is 14.0 Å². The summed E-state index contributed by atoms with van der Waals surface area (Å²) in [7, 11) is -0.373. The number of fused-ring (bicyclic) bond motifs is 1. The summed E-state index contributed by atoms with van der Waals surface area (Å²) >= 11 is 0. The van der Waals surface area contributed by atoms with Gasteiger partial charge >= 0.3 is 0 Å². The van der Waals surface area contributed by atoms with Crippen molar-refractivity contribution in [2.24, 2.45) is 0 Å². The zero-order valence-electron chi connectivity index (χ0n) is 16.4. The van der Waals surface area contributed by atoms with E-state index < -0.39 is 16.3 Å². The highest BCUT2D eigenvalue weighted by atomic mass is 32.2. The minimum atomic E-state index is -3.56. The molecule has 4 rings (SSSR count). The molecule has 2 aromatic rings. The topological polar surface area (TPSA) is 64.0 Å². The maximum atomic E-state index is 13.5. The molecule has 0 amide bonds. The van der Waals surface area contributed by atoms with Crippen molar-refractivity contribution in [3.05, 3.63) is 47.8 Å². The monoisotopic (exact) mass is 405 g/mol. The maximum absolute atomic E-state index is 13.5. The molecule has 2 aliphatic heterocycles. The number of ether oxygens (including phenoxy) is 2. The summed E-state index contributed by atoms with van der Waals surface area (Å²) in [6.07, 6.45) is 4.94. The summed E-state index contributed by atoms with van der Waals surface area (Å²) in [5, 5.41) is 0. The molecule has 0 bridgehead atoms. The van der Waals surface area contributed by atoms with E-state index in [0.717, 1.165) is 30.5 Å². The highest BCUT2D eigenvalue weighted by Gasteiger charge is 2.40. The average Bonchev–Trinajstić information content (AvgIpc) is 3.22. The van der Waals surface area contributed by atoms with Gasteiger partial charge in [-0.25, -0.2) is 0 Å². The fourth-order valence-electron chi connectivity index (χ4n) is 4.21. The van der Waals surface area contributed by atoms with E-state index >= 15 is 0 Å². The van der Waals surface area contributed by atoms with Gasteiger partial charge in [0.2, 0.25) is 0 Å². The Labute approximate surface area is 166 Å². The molecule has 152 valence electrons. The molecular formula is C20H27N3O4S. The van der Waals surface area contributed by atoms with Crippen molar-refractivity contribution in [1.29, 1.82) is 0 Å². The Morgan fingerprint density at radius 3 is 2.39 bits per heavy atom. The lowest BCUT2D eigenvalue weighted by atomic mass is 10.0. The third-order valence-corrected chi connectivity index (χ3v) is 7.66. The molecule has 3 heterocycles. The van der Waals surface area contributed by atoms with Crippen LogP contribution in [0.2, 0.25) is 0 Å². The highest BCUT2D eigenvalue weighted by Crippen LogP contribution is 2.39. The second-order valence-electron chi connectivity index (χ2n) is 7.22. The van der Waals surface area contributed by atoms with Crippen molar-refractivity contribution in [3.63, 3.8) is 0 Å². The molecule has 1 aromatic heterocycles. The van der Waals surface area contributed by atoms with Crippen molar-refractivity contribution in [1.82, 2.24) is 13.2 Å². The molecule has 0 aliphatic carbocycles. The fraction of sp³-hybridized carbons (Fsp3) is 0.500.